The van der Waals surface area contributed by atoms with E-state index < -0.39 is 11.8 Å². The fourth-order valence-corrected chi connectivity index (χ4v) is 4.36. The van der Waals surface area contributed by atoms with Crippen LogP contribution in [0.3, 0.4) is 0 Å². The van der Waals surface area contributed by atoms with Crippen molar-refractivity contribution in [2.75, 3.05) is 7.11 Å². The van der Waals surface area contributed by atoms with Crippen LogP contribution in [0.4, 0.5) is 9.18 Å². The molecule has 0 atom stereocenters. The van der Waals surface area contributed by atoms with Crippen LogP contribution in [0.25, 0.3) is 6.08 Å². The molecule has 6 nitrogen and oxygen atoms in total. The van der Waals surface area contributed by atoms with Crippen LogP contribution in [0, 0.1) is 9.39 Å². The van der Waals surface area contributed by atoms with Crippen LogP contribution in [0.5, 0.6) is 11.5 Å². The molecule has 1 aliphatic rings. The van der Waals surface area contributed by atoms with Gasteiger partial charge in [-0.3, -0.25) is 14.5 Å². The second kappa shape index (κ2) is 10.4. The van der Waals surface area contributed by atoms with E-state index in [0.717, 1.165) is 20.9 Å². The molecule has 1 heterocycles. The monoisotopic (exact) mass is 589 g/mol. The number of thioether (sulfide) groups is 1. The lowest BCUT2D eigenvalue weighted by Crippen LogP contribution is -2.27. The number of nitrogens with zero attached hydrogens (tertiary/aromatic N) is 1. The average molecular weight is 589 g/mol. The van der Waals surface area contributed by atoms with Gasteiger partial charge in [-0.1, -0.05) is 18.2 Å². The van der Waals surface area contributed by atoms with Crippen molar-refractivity contribution in [1.29, 1.82) is 0 Å². The predicted octanol–water partition coefficient (Wildman–Crippen LogP) is 5.89. The smallest absolute Gasteiger partial charge is 0.343 e. The van der Waals surface area contributed by atoms with Crippen molar-refractivity contribution in [2.45, 2.75) is 6.54 Å². The number of ether oxygens (including phenoxy) is 2. The third-order valence-electron chi connectivity index (χ3n) is 4.90. The number of carbonyl (C=O) groups excluding carboxylic acids is 3. The van der Waals surface area contributed by atoms with Crippen molar-refractivity contribution in [3.63, 3.8) is 0 Å². The number of carbonyl (C=O) groups is 3. The van der Waals surface area contributed by atoms with Gasteiger partial charge in [-0.15, -0.1) is 0 Å². The van der Waals surface area contributed by atoms with Gasteiger partial charge in [0.15, 0.2) is 11.5 Å². The van der Waals surface area contributed by atoms with E-state index in [1.54, 1.807) is 18.2 Å². The summed E-state index contributed by atoms with van der Waals surface area (Å²) in [5.74, 6) is -1.06. The number of imide groups is 1. The highest BCUT2D eigenvalue weighted by Gasteiger charge is 2.35. The molecule has 2 amide bonds. The van der Waals surface area contributed by atoms with Gasteiger partial charge in [0, 0.05) is 3.57 Å². The first-order valence-electron chi connectivity index (χ1n) is 9.99. The Morgan fingerprint density at radius 1 is 1.03 bits per heavy atom. The van der Waals surface area contributed by atoms with Gasteiger partial charge in [-0.2, -0.15) is 0 Å². The Bertz CT molecular complexity index is 1290. The summed E-state index contributed by atoms with van der Waals surface area (Å²) in [5.41, 5.74) is 1.64. The standard InChI is InChI=1S/C25H17FINO5S/c1-32-21-12-16(4-11-20(21)33-24(30)17-5-7-18(26)8-6-17)13-22-23(29)28(25(31)34-22)14-15-2-9-19(27)10-3-15/h2-13H,14H2,1H3/b22-13-. The Kier molecular flexibility index (Phi) is 7.32. The van der Waals surface area contributed by atoms with Crippen LogP contribution in [-0.2, 0) is 11.3 Å². The second-order valence-corrected chi connectivity index (χ2v) is 9.44. The third-order valence-corrected chi connectivity index (χ3v) is 6.52. The first-order chi connectivity index (χ1) is 16.3. The van der Waals surface area contributed by atoms with Crippen LogP contribution < -0.4 is 9.47 Å². The zero-order valence-electron chi connectivity index (χ0n) is 17.8. The van der Waals surface area contributed by atoms with Gasteiger partial charge >= 0.3 is 5.97 Å². The molecule has 1 fully saturated rings. The molecule has 4 rings (SSSR count). The first-order valence-corrected chi connectivity index (χ1v) is 11.9. The van der Waals surface area contributed by atoms with Crippen molar-refractivity contribution in [3.8, 4) is 11.5 Å². The number of esters is 1. The number of amides is 2. The van der Waals surface area contributed by atoms with Gasteiger partial charge in [-0.25, -0.2) is 9.18 Å². The molecule has 0 N–H and O–H groups in total. The molecule has 0 saturated carbocycles. The molecule has 0 spiro atoms. The molecule has 9 heteroatoms. The maximum Gasteiger partial charge on any atom is 0.343 e. The van der Waals surface area contributed by atoms with E-state index in [-0.39, 0.29) is 39.7 Å². The topological polar surface area (TPSA) is 72.9 Å². The van der Waals surface area contributed by atoms with Crippen molar-refractivity contribution < 1.29 is 28.2 Å². The summed E-state index contributed by atoms with van der Waals surface area (Å²) < 4.78 is 24.8. The van der Waals surface area contributed by atoms with E-state index in [1.807, 2.05) is 24.3 Å². The number of hydrogen-bond donors (Lipinski definition) is 0. The Labute approximate surface area is 212 Å². The van der Waals surface area contributed by atoms with Crippen LogP contribution >= 0.6 is 34.4 Å². The van der Waals surface area contributed by atoms with Crippen LogP contribution in [0.2, 0.25) is 0 Å². The summed E-state index contributed by atoms with van der Waals surface area (Å²) in [5, 5.41) is -0.341. The van der Waals surface area contributed by atoms with Crippen LogP contribution in [0.15, 0.2) is 71.6 Å². The van der Waals surface area contributed by atoms with Gasteiger partial charge in [0.05, 0.1) is 24.1 Å². The van der Waals surface area contributed by atoms with Crippen molar-refractivity contribution in [3.05, 3.63) is 97.7 Å². The quantitative estimate of drug-likeness (QED) is 0.155. The number of rotatable bonds is 6. The largest absolute Gasteiger partial charge is 0.493 e. The van der Waals surface area contributed by atoms with Gasteiger partial charge in [-0.05, 0) is 100 Å². The number of benzene rings is 3. The Hall–Kier alpha value is -3.18. The zero-order chi connectivity index (χ0) is 24.2. The van der Waals surface area contributed by atoms with Crippen molar-refractivity contribution in [2.24, 2.45) is 0 Å². The normalized spacial score (nSPS) is 14.6. The summed E-state index contributed by atoms with van der Waals surface area (Å²) in [7, 11) is 1.42. The minimum absolute atomic E-state index is 0.167. The predicted molar refractivity (Wildman–Crippen MR) is 135 cm³/mol. The van der Waals surface area contributed by atoms with Crippen molar-refractivity contribution >= 4 is 57.5 Å². The van der Waals surface area contributed by atoms with E-state index >= 15 is 0 Å². The molecule has 1 aliphatic heterocycles. The average Bonchev–Trinajstić information content (AvgIpc) is 3.09. The van der Waals surface area contributed by atoms with Crippen LogP contribution in [-0.4, -0.2) is 29.1 Å². The molecule has 1 saturated heterocycles. The minimum Gasteiger partial charge on any atom is -0.493 e. The number of hydrogen-bond acceptors (Lipinski definition) is 6. The molecule has 0 aromatic heterocycles. The second-order valence-electron chi connectivity index (χ2n) is 7.20. The molecule has 3 aromatic carbocycles. The molecule has 34 heavy (non-hydrogen) atoms. The summed E-state index contributed by atoms with van der Waals surface area (Å²) >= 11 is 3.06. The third kappa shape index (κ3) is 5.48. The highest BCUT2D eigenvalue weighted by atomic mass is 127. The molecule has 0 aliphatic carbocycles. The van der Waals surface area contributed by atoms with Gasteiger partial charge < -0.3 is 9.47 Å². The van der Waals surface area contributed by atoms with Gasteiger partial charge in [0.2, 0.25) is 0 Å². The summed E-state index contributed by atoms with van der Waals surface area (Å²) in [4.78, 5) is 39.1. The van der Waals surface area contributed by atoms with E-state index in [0.29, 0.717) is 5.56 Å². The summed E-state index contributed by atoms with van der Waals surface area (Å²) in [6.07, 6.45) is 1.59. The Morgan fingerprint density at radius 2 is 1.74 bits per heavy atom. The SMILES string of the molecule is COc1cc(/C=C2\SC(=O)N(Cc3ccc(I)cc3)C2=O)ccc1OC(=O)c1ccc(F)cc1. The molecule has 0 unspecified atom stereocenters. The Balaban J connectivity index is 1.50. The fourth-order valence-electron chi connectivity index (χ4n) is 3.16. The fraction of sp³-hybridized carbons (Fsp3) is 0.0800. The maximum atomic E-state index is 13.1. The van der Waals surface area contributed by atoms with Crippen LogP contribution in [0.1, 0.15) is 21.5 Å². The zero-order valence-corrected chi connectivity index (χ0v) is 20.8. The summed E-state index contributed by atoms with van der Waals surface area (Å²) in [6.45, 7) is 0.195. The molecule has 0 radical (unpaired) electrons. The van der Waals surface area contributed by atoms with Crippen molar-refractivity contribution in [1.82, 2.24) is 4.90 Å². The number of halogens is 2. The Morgan fingerprint density at radius 3 is 2.41 bits per heavy atom. The molecular weight excluding hydrogens is 572 g/mol. The first kappa shape index (κ1) is 24.0. The minimum atomic E-state index is -0.664. The maximum absolute atomic E-state index is 13.1. The summed E-state index contributed by atoms with van der Waals surface area (Å²) in [6, 6.07) is 17.4. The van der Waals surface area contributed by atoms with E-state index in [4.69, 9.17) is 9.47 Å². The lowest BCUT2D eigenvalue weighted by molar-refractivity contribution is -0.123. The van der Waals surface area contributed by atoms with E-state index in [2.05, 4.69) is 22.6 Å². The van der Waals surface area contributed by atoms with E-state index in [9.17, 15) is 18.8 Å². The highest BCUT2D eigenvalue weighted by Crippen LogP contribution is 2.35. The highest BCUT2D eigenvalue weighted by molar-refractivity contribution is 14.1. The van der Waals surface area contributed by atoms with Gasteiger partial charge in [0.25, 0.3) is 11.1 Å². The molecule has 3 aromatic rings. The van der Waals surface area contributed by atoms with E-state index in [1.165, 1.54) is 42.3 Å². The molecular formula is C25H17FINO5S. The lowest BCUT2D eigenvalue weighted by Gasteiger charge is -2.12. The number of methoxy groups -OCH3 is 1. The lowest BCUT2D eigenvalue weighted by atomic mass is 10.1. The molecule has 172 valence electrons. The molecule has 0 bridgehead atoms. The van der Waals surface area contributed by atoms with Gasteiger partial charge in [0.1, 0.15) is 5.82 Å².